The second-order valence-corrected chi connectivity index (χ2v) is 9.05. The number of hydrogen-bond donors (Lipinski definition) is 0. The van der Waals surface area contributed by atoms with Crippen LogP contribution in [0.1, 0.15) is 40.9 Å². The number of aryl methyl sites for hydroxylation is 1. The molecule has 2 heterocycles. The fraction of sp³-hybridized carbons (Fsp3) is 0.174. The molecule has 0 aliphatic carbocycles. The lowest BCUT2D eigenvalue weighted by Crippen LogP contribution is -2.33. The second-order valence-electron chi connectivity index (χ2n) is 7.22. The quantitative estimate of drug-likeness (QED) is 0.390. The summed E-state index contributed by atoms with van der Waals surface area (Å²) in [6.07, 6.45) is 0.623. The van der Waals surface area contributed by atoms with Gasteiger partial charge < -0.3 is 4.74 Å². The molecule has 3 aromatic carbocycles. The minimum atomic E-state index is -0.241. The van der Waals surface area contributed by atoms with E-state index in [9.17, 15) is 0 Å². The number of rotatable bonds is 2. The second kappa shape index (κ2) is 7.05. The molecule has 0 radical (unpaired) electrons. The van der Waals surface area contributed by atoms with Gasteiger partial charge in [0.25, 0.3) is 0 Å². The summed E-state index contributed by atoms with van der Waals surface area (Å²) in [4.78, 5) is 0. The van der Waals surface area contributed by atoms with Crippen molar-refractivity contribution in [2.75, 3.05) is 0 Å². The summed E-state index contributed by atoms with van der Waals surface area (Å²) in [5, 5.41) is 7.13. The Kier molecular flexibility index (Phi) is 4.52. The van der Waals surface area contributed by atoms with E-state index in [-0.39, 0.29) is 12.3 Å². The highest BCUT2D eigenvalue weighted by atomic mass is 79.9. The van der Waals surface area contributed by atoms with Crippen LogP contribution in [0.2, 0.25) is 0 Å². The number of ether oxygens (including phenoxy) is 1. The Hall–Kier alpha value is -2.11. The van der Waals surface area contributed by atoms with Gasteiger partial charge in [0.05, 0.1) is 11.8 Å². The van der Waals surface area contributed by atoms with Crippen molar-refractivity contribution in [1.82, 2.24) is 5.01 Å². The molecule has 0 amide bonds. The maximum Gasteiger partial charge on any atom is 0.213 e. The van der Waals surface area contributed by atoms with Gasteiger partial charge in [-0.05, 0) is 42.8 Å². The van der Waals surface area contributed by atoms with E-state index in [1.54, 1.807) is 0 Å². The molecule has 0 spiro atoms. The Morgan fingerprint density at radius 2 is 1.64 bits per heavy atom. The molecule has 0 aromatic heterocycles. The highest BCUT2D eigenvalue weighted by Gasteiger charge is 2.41. The molecule has 3 nitrogen and oxygen atoms in total. The molecule has 2 atom stereocenters. The zero-order valence-electron chi connectivity index (χ0n) is 15.3. The maximum atomic E-state index is 6.41. The number of hydrogen-bond acceptors (Lipinski definition) is 3. The Bertz CT molecular complexity index is 1060. The van der Waals surface area contributed by atoms with E-state index in [0.29, 0.717) is 0 Å². The molecule has 2 aliphatic heterocycles. The van der Waals surface area contributed by atoms with Crippen molar-refractivity contribution in [2.45, 2.75) is 25.6 Å². The van der Waals surface area contributed by atoms with Crippen LogP contribution in [0.3, 0.4) is 0 Å². The molecule has 0 bridgehead atoms. The van der Waals surface area contributed by atoms with E-state index in [0.717, 1.165) is 32.4 Å². The zero-order chi connectivity index (χ0) is 19.3. The summed E-state index contributed by atoms with van der Waals surface area (Å²) in [6, 6.07) is 23.3. The molecule has 140 valence electrons. The number of hydrazone groups is 1. The smallest absolute Gasteiger partial charge is 0.213 e. The van der Waals surface area contributed by atoms with Crippen LogP contribution in [0.15, 0.2) is 80.8 Å². The lowest BCUT2D eigenvalue weighted by atomic mass is 9.95. The number of benzene rings is 3. The van der Waals surface area contributed by atoms with Gasteiger partial charge in [0, 0.05) is 26.5 Å². The van der Waals surface area contributed by atoms with Crippen LogP contribution in [0.4, 0.5) is 0 Å². The minimum Gasteiger partial charge on any atom is -0.464 e. The molecule has 0 unspecified atom stereocenters. The van der Waals surface area contributed by atoms with Gasteiger partial charge in [0.15, 0.2) is 0 Å². The normalized spacial score (nSPS) is 20.2. The monoisotopic (exact) mass is 496 g/mol. The van der Waals surface area contributed by atoms with Crippen LogP contribution in [0.5, 0.6) is 5.75 Å². The predicted octanol–water partition coefficient (Wildman–Crippen LogP) is 6.76. The van der Waals surface area contributed by atoms with Gasteiger partial charge in [-0.3, -0.25) is 0 Å². The fourth-order valence-corrected chi connectivity index (χ4v) is 4.47. The average Bonchev–Trinajstić information content (AvgIpc) is 3.14. The van der Waals surface area contributed by atoms with Gasteiger partial charge in [-0.2, -0.15) is 5.10 Å². The summed E-state index contributed by atoms with van der Waals surface area (Å²) in [6.45, 7) is 2.11. The first-order valence-corrected chi connectivity index (χ1v) is 10.8. The summed E-state index contributed by atoms with van der Waals surface area (Å²) in [5.41, 5.74) is 5.80. The lowest BCUT2D eigenvalue weighted by Gasteiger charge is -2.38. The summed E-state index contributed by atoms with van der Waals surface area (Å²) in [5.74, 6) is 0.928. The number of halogens is 2. The van der Waals surface area contributed by atoms with Gasteiger partial charge in [-0.25, -0.2) is 5.01 Å². The Labute approximate surface area is 181 Å². The largest absolute Gasteiger partial charge is 0.464 e. The molecule has 2 aliphatic rings. The van der Waals surface area contributed by atoms with Crippen molar-refractivity contribution < 1.29 is 4.74 Å². The third-order valence-corrected chi connectivity index (χ3v) is 6.31. The van der Waals surface area contributed by atoms with E-state index >= 15 is 0 Å². The minimum absolute atomic E-state index is 0.159. The van der Waals surface area contributed by atoms with Crippen molar-refractivity contribution in [2.24, 2.45) is 5.10 Å². The number of nitrogens with zero attached hydrogens (tertiary/aromatic N) is 2. The molecule has 0 N–H and O–H groups in total. The third-order valence-electron chi connectivity index (χ3n) is 5.29. The van der Waals surface area contributed by atoms with Crippen LogP contribution < -0.4 is 4.74 Å². The van der Waals surface area contributed by atoms with Crippen molar-refractivity contribution >= 4 is 37.6 Å². The zero-order valence-corrected chi connectivity index (χ0v) is 18.4. The first kappa shape index (κ1) is 18.0. The van der Waals surface area contributed by atoms with Crippen LogP contribution in [-0.2, 0) is 0 Å². The van der Waals surface area contributed by atoms with Crippen LogP contribution >= 0.6 is 31.9 Å². The molecule has 0 saturated carbocycles. The Morgan fingerprint density at radius 1 is 0.929 bits per heavy atom. The highest BCUT2D eigenvalue weighted by Crippen LogP contribution is 2.48. The van der Waals surface area contributed by atoms with Gasteiger partial charge in [0.1, 0.15) is 5.75 Å². The standard InChI is InChI=1S/C23H18Br2N2O/c1-14-2-4-15(5-3-14)20-13-21-19-12-18(25)10-11-22(19)28-23(27(21)26-20)16-6-8-17(24)9-7-16/h2-12,21,23H,13H2,1H3/t21-,23-/m1/s1. The average molecular weight is 498 g/mol. The van der Waals surface area contributed by atoms with Crippen molar-refractivity contribution in [3.63, 3.8) is 0 Å². The van der Waals surface area contributed by atoms with Gasteiger partial charge in [-0.1, -0.05) is 73.8 Å². The summed E-state index contributed by atoms with van der Waals surface area (Å²) in [7, 11) is 0. The predicted molar refractivity (Wildman–Crippen MR) is 119 cm³/mol. The van der Waals surface area contributed by atoms with Gasteiger partial charge in [0.2, 0.25) is 6.23 Å². The topological polar surface area (TPSA) is 24.8 Å². The van der Waals surface area contributed by atoms with Crippen LogP contribution in [0.25, 0.3) is 0 Å². The molecule has 28 heavy (non-hydrogen) atoms. The SMILES string of the molecule is Cc1ccc(C2=NN3[C@H](C2)c2cc(Br)ccc2O[C@@H]3c2ccc(Br)cc2)cc1. The number of fused-ring (bicyclic) bond motifs is 3. The van der Waals surface area contributed by atoms with Crippen molar-refractivity contribution in [3.8, 4) is 5.75 Å². The van der Waals surface area contributed by atoms with E-state index in [4.69, 9.17) is 9.84 Å². The van der Waals surface area contributed by atoms with Crippen molar-refractivity contribution in [3.05, 3.63) is 97.9 Å². The van der Waals surface area contributed by atoms with Gasteiger partial charge >= 0.3 is 0 Å². The highest BCUT2D eigenvalue weighted by molar-refractivity contribution is 9.10. The van der Waals surface area contributed by atoms with Gasteiger partial charge in [-0.15, -0.1) is 0 Å². The summed E-state index contributed by atoms with van der Waals surface area (Å²) < 4.78 is 8.52. The molecular weight excluding hydrogens is 480 g/mol. The molecular formula is C23H18Br2N2O. The fourth-order valence-electron chi connectivity index (χ4n) is 3.83. The summed E-state index contributed by atoms with van der Waals surface area (Å²) >= 11 is 7.13. The molecule has 0 fully saturated rings. The maximum absolute atomic E-state index is 6.41. The van der Waals surface area contributed by atoms with E-state index in [1.807, 2.05) is 24.3 Å². The van der Waals surface area contributed by atoms with Crippen LogP contribution in [0, 0.1) is 6.92 Å². The third kappa shape index (κ3) is 3.16. The first-order chi connectivity index (χ1) is 13.6. The Morgan fingerprint density at radius 3 is 2.39 bits per heavy atom. The lowest BCUT2D eigenvalue weighted by molar-refractivity contribution is -0.0190. The van der Waals surface area contributed by atoms with Crippen molar-refractivity contribution in [1.29, 1.82) is 0 Å². The molecule has 5 rings (SSSR count). The van der Waals surface area contributed by atoms with E-state index < -0.39 is 0 Å². The first-order valence-electron chi connectivity index (χ1n) is 9.23. The molecule has 0 saturated heterocycles. The Balaban J connectivity index is 1.59. The van der Waals surface area contributed by atoms with Crippen LogP contribution in [-0.4, -0.2) is 10.7 Å². The molecule has 3 aromatic rings. The van der Waals surface area contributed by atoms with E-state index in [1.165, 1.54) is 16.7 Å². The molecule has 5 heteroatoms. The van der Waals surface area contributed by atoms with E-state index in [2.05, 4.69) is 86.3 Å².